The van der Waals surface area contributed by atoms with Gasteiger partial charge in [0.25, 0.3) is 5.56 Å². The molecule has 42 heavy (non-hydrogen) atoms. The number of amides is 1. The molecule has 4 aromatic rings. The molecule has 1 aliphatic carbocycles. The molecule has 0 atom stereocenters. The summed E-state index contributed by atoms with van der Waals surface area (Å²) in [6.45, 7) is 1.75. The smallest absolute Gasteiger partial charge is 0.407 e. The number of aromatic amines is 1. The van der Waals surface area contributed by atoms with Gasteiger partial charge in [-0.15, -0.1) is 0 Å². The zero-order chi connectivity index (χ0) is 30.3. The fourth-order valence-electron chi connectivity index (χ4n) is 4.36. The zero-order valence-corrected chi connectivity index (χ0v) is 23.4. The molecule has 0 bridgehead atoms. The monoisotopic (exact) mass is 600 g/mol. The second-order valence-electron chi connectivity index (χ2n) is 10.6. The normalized spacial score (nSPS) is 13.3. The molecule has 1 fully saturated rings. The van der Waals surface area contributed by atoms with E-state index in [1.807, 2.05) is 6.07 Å². The summed E-state index contributed by atoms with van der Waals surface area (Å²) >= 11 is 6.14. The van der Waals surface area contributed by atoms with Crippen LogP contribution in [0.1, 0.15) is 51.4 Å². The van der Waals surface area contributed by atoms with Gasteiger partial charge in [0.05, 0.1) is 46.2 Å². The number of hydrogen-bond acceptors (Lipinski definition) is 7. The second kappa shape index (κ2) is 11.0. The van der Waals surface area contributed by atoms with E-state index in [0.29, 0.717) is 0 Å². The number of carbonyl (C=O) groups excluding carboxylic acids is 1. The maximum absolute atomic E-state index is 15.6. The van der Waals surface area contributed by atoms with Gasteiger partial charge in [-0.1, -0.05) is 17.7 Å². The van der Waals surface area contributed by atoms with Crippen molar-refractivity contribution in [1.82, 2.24) is 25.3 Å². The van der Waals surface area contributed by atoms with Gasteiger partial charge in [0.15, 0.2) is 5.82 Å². The van der Waals surface area contributed by atoms with Crippen LogP contribution in [0.5, 0.6) is 5.75 Å². The van der Waals surface area contributed by atoms with Crippen LogP contribution < -0.4 is 15.6 Å². The molecule has 2 aromatic carbocycles. The lowest BCUT2D eigenvalue weighted by Crippen LogP contribution is -2.32. The average Bonchev–Trinajstić information content (AvgIpc) is 3.63. The second-order valence-corrected chi connectivity index (χ2v) is 11.0. The van der Waals surface area contributed by atoms with E-state index in [4.69, 9.17) is 21.1 Å². The SMILES string of the molecule is CC(C)(C)OC(=O)NCc1n[nH]c(=O)c2ccc(-c3cnn(C(F)F)c3-c3c(F)c(Cl)cc(OC4CC4)c3C#N)cc12. The van der Waals surface area contributed by atoms with Crippen LogP contribution in [0.2, 0.25) is 5.02 Å². The number of alkyl carbamates (subject to hydrolysis) is 1. The molecule has 0 radical (unpaired) electrons. The van der Waals surface area contributed by atoms with Gasteiger partial charge in [-0.2, -0.15) is 24.2 Å². The molecule has 0 saturated heterocycles. The minimum absolute atomic E-state index is 0.0265. The maximum atomic E-state index is 15.6. The number of nitriles is 1. The van der Waals surface area contributed by atoms with Crippen molar-refractivity contribution in [3.63, 3.8) is 0 Å². The van der Waals surface area contributed by atoms with Crippen LogP contribution in [0.25, 0.3) is 33.2 Å². The largest absolute Gasteiger partial charge is 0.489 e. The molecule has 1 amide bonds. The summed E-state index contributed by atoms with van der Waals surface area (Å²) in [5.41, 5.74) is -1.98. The van der Waals surface area contributed by atoms with Crippen molar-refractivity contribution in [2.24, 2.45) is 0 Å². The summed E-state index contributed by atoms with van der Waals surface area (Å²) in [5.74, 6) is -1.12. The molecular weight excluding hydrogens is 577 g/mol. The highest BCUT2D eigenvalue weighted by Gasteiger charge is 2.31. The van der Waals surface area contributed by atoms with Gasteiger partial charge in [0, 0.05) is 17.0 Å². The number of nitrogens with one attached hydrogen (secondary N) is 2. The van der Waals surface area contributed by atoms with Crippen molar-refractivity contribution in [1.29, 1.82) is 5.26 Å². The van der Waals surface area contributed by atoms with Gasteiger partial charge >= 0.3 is 12.6 Å². The number of rotatable bonds is 7. The van der Waals surface area contributed by atoms with Crippen LogP contribution in [-0.4, -0.2) is 37.8 Å². The minimum atomic E-state index is -3.20. The number of nitrogens with zero attached hydrogens (tertiary/aromatic N) is 4. The third-order valence-electron chi connectivity index (χ3n) is 6.31. The minimum Gasteiger partial charge on any atom is -0.489 e. The van der Waals surface area contributed by atoms with E-state index in [0.717, 1.165) is 25.1 Å². The van der Waals surface area contributed by atoms with Crippen molar-refractivity contribution in [2.75, 3.05) is 0 Å². The topological polar surface area (TPSA) is 135 Å². The van der Waals surface area contributed by atoms with Gasteiger partial charge in [0.1, 0.15) is 23.0 Å². The Morgan fingerprint density at radius 3 is 2.67 bits per heavy atom. The Morgan fingerprint density at radius 1 is 1.29 bits per heavy atom. The van der Waals surface area contributed by atoms with Crippen molar-refractivity contribution in [2.45, 2.75) is 58.4 Å². The van der Waals surface area contributed by atoms with Crippen molar-refractivity contribution in [3.05, 3.63) is 62.9 Å². The first kappa shape index (κ1) is 28.9. The zero-order valence-electron chi connectivity index (χ0n) is 22.6. The van der Waals surface area contributed by atoms with Gasteiger partial charge in [-0.05, 0) is 51.3 Å². The number of aromatic nitrogens is 4. The number of carbonyl (C=O) groups is 1. The third-order valence-corrected chi connectivity index (χ3v) is 6.58. The van der Waals surface area contributed by atoms with E-state index in [9.17, 15) is 23.6 Å². The predicted octanol–water partition coefficient (Wildman–Crippen LogP) is 6.08. The van der Waals surface area contributed by atoms with Crippen molar-refractivity contribution < 1.29 is 27.4 Å². The van der Waals surface area contributed by atoms with E-state index in [1.165, 1.54) is 18.2 Å². The van der Waals surface area contributed by atoms with Gasteiger partial charge in [-0.3, -0.25) is 4.79 Å². The molecule has 0 aliphatic heterocycles. The standard InChI is InChI=1S/C28H24ClF3N6O4/c1-28(2,3)42-27(40)34-12-20-16-8-13(4-7-15(16)25(39)37-36-20)18-11-35-38(26(31)32)24(18)22-17(10-33)21(41-14-5-6-14)9-19(29)23(22)30/h4,7-9,11,14,26H,5-6,12H2,1-3H3,(H,34,40)(H,37,39). The van der Waals surface area contributed by atoms with Crippen LogP contribution in [0.4, 0.5) is 18.0 Å². The van der Waals surface area contributed by atoms with Gasteiger partial charge in [-0.25, -0.2) is 19.0 Å². The molecule has 14 heteroatoms. The van der Waals surface area contributed by atoms with E-state index in [1.54, 1.807) is 20.8 Å². The molecule has 2 aromatic heterocycles. The van der Waals surface area contributed by atoms with Crippen LogP contribution >= 0.6 is 11.6 Å². The van der Waals surface area contributed by atoms with E-state index in [-0.39, 0.29) is 56.2 Å². The number of ether oxygens (including phenoxy) is 2. The van der Waals surface area contributed by atoms with Crippen LogP contribution in [-0.2, 0) is 11.3 Å². The van der Waals surface area contributed by atoms with Crippen molar-refractivity contribution >= 4 is 28.5 Å². The number of benzene rings is 2. The summed E-state index contributed by atoms with van der Waals surface area (Å²) in [5, 5.41) is 22.8. The van der Waals surface area contributed by atoms with E-state index in [2.05, 4.69) is 20.6 Å². The highest BCUT2D eigenvalue weighted by atomic mass is 35.5. The fraction of sp³-hybridized carbons (Fsp3) is 0.321. The molecule has 2 N–H and O–H groups in total. The third kappa shape index (κ3) is 5.75. The number of alkyl halides is 2. The summed E-state index contributed by atoms with van der Waals surface area (Å²) in [6, 6.07) is 7.41. The molecule has 1 aliphatic rings. The number of hydrogen-bond donors (Lipinski definition) is 2. The van der Waals surface area contributed by atoms with Gasteiger partial charge in [0.2, 0.25) is 0 Å². The molecule has 0 unspecified atom stereocenters. The van der Waals surface area contributed by atoms with Crippen LogP contribution in [0.3, 0.4) is 0 Å². The fourth-order valence-corrected chi connectivity index (χ4v) is 4.55. The molecule has 2 heterocycles. The van der Waals surface area contributed by atoms with Crippen LogP contribution in [0, 0.1) is 17.1 Å². The molecule has 5 rings (SSSR count). The molecule has 0 spiro atoms. The first-order chi connectivity index (χ1) is 19.9. The highest BCUT2D eigenvalue weighted by Crippen LogP contribution is 2.44. The predicted molar refractivity (Wildman–Crippen MR) is 147 cm³/mol. The molecular formula is C28H24ClF3N6O4. The Kier molecular flexibility index (Phi) is 7.59. The Balaban J connectivity index is 1.66. The van der Waals surface area contributed by atoms with E-state index >= 15 is 4.39 Å². The lowest BCUT2D eigenvalue weighted by molar-refractivity contribution is 0.0522. The molecule has 1 saturated carbocycles. The number of H-pyrrole nitrogens is 1. The lowest BCUT2D eigenvalue weighted by atomic mass is 9.95. The van der Waals surface area contributed by atoms with Crippen molar-refractivity contribution in [3.8, 4) is 34.2 Å². The lowest BCUT2D eigenvalue weighted by Gasteiger charge is -2.19. The first-order valence-corrected chi connectivity index (χ1v) is 13.2. The summed E-state index contributed by atoms with van der Waals surface area (Å²) in [4.78, 5) is 24.7. The number of fused-ring (bicyclic) bond motifs is 1. The molecule has 10 nitrogen and oxygen atoms in total. The Morgan fingerprint density at radius 2 is 2.02 bits per heavy atom. The van der Waals surface area contributed by atoms with E-state index < -0.39 is 45.9 Å². The molecule has 218 valence electrons. The quantitative estimate of drug-likeness (QED) is 0.262. The Hall–Kier alpha value is -4.57. The Bertz CT molecular complexity index is 1800. The highest BCUT2D eigenvalue weighted by molar-refractivity contribution is 6.31. The average molecular weight is 601 g/mol. The maximum Gasteiger partial charge on any atom is 0.407 e. The summed E-state index contributed by atoms with van der Waals surface area (Å²) < 4.78 is 55.3. The summed E-state index contributed by atoms with van der Waals surface area (Å²) in [7, 11) is 0. The first-order valence-electron chi connectivity index (χ1n) is 12.8. The number of halogens is 4. The Labute approximate surface area is 242 Å². The summed E-state index contributed by atoms with van der Waals surface area (Å²) in [6.07, 6.45) is 1.65. The van der Waals surface area contributed by atoms with Gasteiger partial charge < -0.3 is 14.8 Å². The van der Waals surface area contributed by atoms with Crippen LogP contribution in [0.15, 0.2) is 35.3 Å².